The van der Waals surface area contributed by atoms with Crippen molar-refractivity contribution in [1.82, 2.24) is 25.0 Å². The highest BCUT2D eigenvalue weighted by Crippen LogP contribution is 2.40. The molecular formula is C23H20N6O2. The van der Waals surface area contributed by atoms with E-state index in [9.17, 15) is 4.79 Å². The van der Waals surface area contributed by atoms with E-state index in [4.69, 9.17) is 4.74 Å². The number of nitrogens with zero attached hydrogens (tertiary/aromatic N) is 5. The topological polar surface area (TPSA) is 94.8 Å². The third-order valence-corrected chi connectivity index (χ3v) is 5.41. The number of hydrogen-bond donors (Lipinski definition) is 1. The van der Waals surface area contributed by atoms with Crippen molar-refractivity contribution < 1.29 is 9.53 Å². The van der Waals surface area contributed by atoms with Crippen LogP contribution in [0.15, 0.2) is 60.8 Å². The Bertz CT molecular complexity index is 1270. The van der Waals surface area contributed by atoms with Crippen LogP contribution in [-0.4, -0.2) is 38.0 Å². The first-order chi connectivity index (χ1) is 15.1. The lowest BCUT2D eigenvalue weighted by atomic mass is 9.86. The maximum absolute atomic E-state index is 12.6. The number of carbonyl (C=O) groups is 1. The average molecular weight is 412 g/mol. The van der Waals surface area contributed by atoms with Crippen molar-refractivity contribution in [2.75, 3.05) is 12.4 Å². The van der Waals surface area contributed by atoms with Crippen LogP contribution in [0.25, 0.3) is 17.2 Å². The summed E-state index contributed by atoms with van der Waals surface area (Å²) in [4.78, 5) is 17.2. The molecule has 4 aromatic rings. The summed E-state index contributed by atoms with van der Waals surface area (Å²) in [5.41, 5.74) is 4.35. The van der Waals surface area contributed by atoms with Crippen LogP contribution in [-0.2, 0) is 4.79 Å². The molecule has 8 nitrogen and oxygen atoms in total. The van der Waals surface area contributed by atoms with Gasteiger partial charge in [0, 0.05) is 23.5 Å². The van der Waals surface area contributed by atoms with Gasteiger partial charge in [-0.05, 0) is 24.6 Å². The number of anilines is 1. The minimum absolute atomic E-state index is 0.0892. The molecule has 1 aliphatic rings. The predicted molar refractivity (Wildman–Crippen MR) is 115 cm³/mol. The molecule has 0 saturated heterocycles. The Morgan fingerprint density at radius 1 is 1.13 bits per heavy atom. The Kier molecular flexibility index (Phi) is 4.66. The molecule has 31 heavy (non-hydrogen) atoms. The van der Waals surface area contributed by atoms with Crippen molar-refractivity contribution in [3.05, 3.63) is 77.6 Å². The molecule has 2 aromatic carbocycles. The number of ether oxygens (including phenoxy) is 1. The lowest BCUT2D eigenvalue weighted by Gasteiger charge is -2.24. The molecule has 1 atom stereocenters. The summed E-state index contributed by atoms with van der Waals surface area (Å²) in [6.07, 6.45) is 1.94. The quantitative estimate of drug-likeness (QED) is 0.551. The molecule has 0 aliphatic carbocycles. The second-order valence-electron chi connectivity index (χ2n) is 7.35. The molecule has 0 unspecified atom stereocenters. The van der Waals surface area contributed by atoms with Crippen molar-refractivity contribution in [3.8, 4) is 23.0 Å². The Hall–Kier alpha value is -4.07. The lowest BCUT2D eigenvalue weighted by Crippen LogP contribution is -2.25. The number of methoxy groups -OCH3 is 1. The standard InChI is InChI=1S/C23H20N6O2/c1-14-21-18(16-9-6-10-17(11-16)31-2)12-20(30)26-22(21)29(28-14)23-25-19(13-24-27-23)15-7-4-3-5-8-15/h3-11,13,18H,12H2,1-2H3,(H,26,30)/t18-/m1/s1. The number of aromatic nitrogens is 5. The van der Waals surface area contributed by atoms with Gasteiger partial charge < -0.3 is 10.1 Å². The van der Waals surface area contributed by atoms with E-state index in [1.54, 1.807) is 18.0 Å². The minimum atomic E-state index is -0.141. The molecule has 154 valence electrons. The fraction of sp³-hybridized carbons (Fsp3) is 0.174. The van der Waals surface area contributed by atoms with Crippen LogP contribution in [0.5, 0.6) is 5.75 Å². The van der Waals surface area contributed by atoms with E-state index in [1.807, 2.05) is 61.5 Å². The van der Waals surface area contributed by atoms with E-state index in [2.05, 4.69) is 25.6 Å². The molecule has 0 radical (unpaired) electrons. The zero-order valence-corrected chi connectivity index (χ0v) is 17.1. The van der Waals surface area contributed by atoms with E-state index in [0.717, 1.165) is 28.1 Å². The Morgan fingerprint density at radius 2 is 1.97 bits per heavy atom. The van der Waals surface area contributed by atoms with Gasteiger partial charge in [0.15, 0.2) is 0 Å². The molecule has 1 amide bonds. The van der Waals surface area contributed by atoms with Crippen molar-refractivity contribution >= 4 is 11.7 Å². The molecule has 1 N–H and O–H groups in total. The van der Waals surface area contributed by atoms with Gasteiger partial charge in [-0.3, -0.25) is 4.79 Å². The number of aryl methyl sites for hydroxylation is 1. The summed E-state index contributed by atoms with van der Waals surface area (Å²) >= 11 is 0. The van der Waals surface area contributed by atoms with E-state index in [0.29, 0.717) is 23.9 Å². The van der Waals surface area contributed by atoms with Crippen molar-refractivity contribution in [2.45, 2.75) is 19.3 Å². The average Bonchev–Trinajstić information content (AvgIpc) is 3.15. The number of hydrogen-bond acceptors (Lipinski definition) is 6. The fourth-order valence-corrected chi connectivity index (χ4v) is 3.97. The van der Waals surface area contributed by atoms with Crippen LogP contribution >= 0.6 is 0 Å². The van der Waals surface area contributed by atoms with E-state index < -0.39 is 0 Å². The van der Waals surface area contributed by atoms with Crippen LogP contribution in [0, 0.1) is 6.92 Å². The summed E-state index contributed by atoms with van der Waals surface area (Å²) < 4.78 is 6.93. The highest BCUT2D eigenvalue weighted by Gasteiger charge is 2.33. The molecule has 8 heteroatoms. The molecule has 1 aliphatic heterocycles. The molecule has 0 bridgehead atoms. The SMILES string of the molecule is COc1cccc([C@H]2CC(=O)Nc3c2c(C)nn3-c2nncc(-c3ccccc3)n2)c1. The monoisotopic (exact) mass is 412 g/mol. The zero-order chi connectivity index (χ0) is 21.4. The summed E-state index contributed by atoms with van der Waals surface area (Å²) in [6.45, 7) is 1.93. The van der Waals surface area contributed by atoms with Gasteiger partial charge in [0.1, 0.15) is 11.6 Å². The number of fused-ring (bicyclic) bond motifs is 1. The predicted octanol–water partition coefficient (Wildman–Crippen LogP) is 3.52. The number of amides is 1. The number of rotatable bonds is 4. The molecule has 5 rings (SSSR count). The Labute approximate surface area is 178 Å². The first kappa shape index (κ1) is 18.9. The van der Waals surface area contributed by atoms with Crippen LogP contribution in [0.1, 0.15) is 29.2 Å². The molecule has 0 saturated carbocycles. The Morgan fingerprint density at radius 3 is 2.77 bits per heavy atom. The normalized spacial score (nSPS) is 15.3. The number of carbonyl (C=O) groups excluding carboxylic acids is 1. The van der Waals surface area contributed by atoms with Crippen LogP contribution in [0.4, 0.5) is 5.82 Å². The van der Waals surface area contributed by atoms with Crippen molar-refractivity contribution in [1.29, 1.82) is 0 Å². The number of nitrogens with one attached hydrogen (secondary N) is 1. The van der Waals surface area contributed by atoms with Gasteiger partial charge in [-0.2, -0.15) is 14.9 Å². The molecule has 0 fully saturated rings. The zero-order valence-electron chi connectivity index (χ0n) is 17.1. The first-order valence-electron chi connectivity index (χ1n) is 9.93. The molecule has 3 heterocycles. The first-order valence-corrected chi connectivity index (χ1v) is 9.93. The Balaban J connectivity index is 1.62. The summed E-state index contributed by atoms with van der Waals surface area (Å²) in [6, 6.07) is 17.5. The highest BCUT2D eigenvalue weighted by atomic mass is 16.5. The number of benzene rings is 2. The minimum Gasteiger partial charge on any atom is -0.497 e. The fourth-order valence-electron chi connectivity index (χ4n) is 3.97. The van der Waals surface area contributed by atoms with Gasteiger partial charge in [0.2, 0.25) is 5.91 Å². The summed E-state index contributed by atoms with van der Waals surface area (Å²) in [7, 11) is 1.63. The molecule has 2 aromatic heterocycles. The maximum Gasteiger partial charge on any atom is 0.272 e. The van der Waals surface area contributed by atoms with Gasteiger partial charge in [-0.15, -0.1) is 5.10 Å². The van der Waals surface area contributed by atoms with Crippen LogP contribution < -0.4 is 10.1 Å². The third kappa shape index (κ3) is 3.42. The van der Waals surface area contributed by atoms with Crippen LogP contribution in [0.3, 0.4) is 0 Å². The second kappa shape index (κ2) is 7.64. The van der Waals surface area contributed by atoms with E-state index in [-0.39, 0.29) is 11.8 Å². The lowest BCUT2D eigenvalue weighted by molar-refractivity contribution is -0.116. The van der Waals surface area contributed by atoms with Gasteiger partial charge in [-0.25, -0.2) is 4.98 Å². The second-order valence-corrected chi connectivity index (χ2v) is 7.35. The summed E-state index contributed by atoms with van der Waals surface area (Å²) in [5.74, 6) is 1.40. The molecule has 0 spiro atoms. The van der Waals surface area contributed by atoms with Crippen molar-refractivity contribution in [2.24, 2.45) is 0 Å². The van der Waals surface area contributed by atoms with Crippen LogP contribution in [0.2, 0.25) is 0 Å². The van der Waals surface area contributed by atoms with Gasteiger partial charge in [0.25, 0.3) is 5.95 Å². The third-order valence-electron chi connectivity index (χ3n) is 5.41. The highest BCUT2D eigenvalue weighted by molar-refractivity contribution is 5.95. The van der Waals surface area contributed by atoms with E-state index >= 15 is 0 Å². The maximum atomic E-state index is 12.6. The van der Waals surface area contributed by atoms with Gasteiger partial charge in [-0.1, -0.05) is 42.5 Å². The van der Waals surface area contributed by atoms with Gasteiger partial charge in [0.05, 0.1) is 24.7 Å². The molecular weight excluding hydrogens is 392 g/mol. The smallest absolute Gasteiger partial charge is 0.272 e. The van der Waals surface area contributed by atoms with E-state index in [1.165, 1.54) is 0 Å². The largest absolute Gasteiger partial charge is 0.497 e. The van der Waals surface area contributed by atoms with Crippen molar-refractivity contribution in [3.63, 3.8) is 0 Å². The summed E-state index contributed by atoms with van der Waals surface area (Å²) in [5, 5.41) is 15.9. The van der Waals surface area contributed by atoms with Gasteiger partial charge >= 0.3 is 0 Å².